The summed E-state index contributed by atoms with van der Waals surface area (Å²) in [6.45, 7) is 0.726. The summed E-state index contributed by atoms with van der Waals surface area (Å²) < 4.78 is 4.91. The number of piperidine rings is 1. The van der Waals surface area contributed by atoms with Crippen LogP contribution in [0.1, 0.15) is 23.5 Å². The van der Waals surface area contributed by atoms with Crippen LogP contribution in [0.3, 0.4) is 0 Å². The zero-order chi connectivity index (χ0) is 13.7. The Balaban J connectivity index is 1.76. The number of nitrogens with one attached hydrogen (secondary N) is 2. The molecule has 1 aliphatic carbocycles. The fraction of sp³-hybridized carbons (Fsp3) is 0.438. The van der Waals surface area contributed by atoms with Crippen molar-refractivity contribution in [1.82, 2.24) is 10.3 Å². The van der Waals surface area contributed by atoms with Crippen LogP contribution in [0.2, 0.25) is 0 Å². The molecule has 0 saturated carbocycles. The number of hydrogen-bond acceptors (Lipinski definition) is 3. The molecule has 1 saturated heterocycles. The van der Waals surface area contributed by atoms with Gasteiger partial charge in [-0.15, -0.1) is 0 Å². The van der Waals surface area contributed by atoms with Gasteiger partial charge in [0.15, 0.2) is 0 Å². The molecule has 0 bridgehead atoms. The molecule has 2 aliphatic rings. The Hall–Kier alpha value is -1.81. The minimum absolute atomic E-state index is 0.0306. The Kier molecular flexibility index (Phi) is 2.60. The smallest absolute Gasteiger partial charge is 0.309 e. The summed E-state index contributed by atoms with van der Waals surface area (Å²) in [5.41, 5.74) is 3.97. The lowest BCUT2D eigenvalue weighted by Gasteiger charge is -2.39. The molecule has 2 unspecified atom stereocenters. The van der Waals surface area contributed by atoms with Crippen LogP contribution in [-0.2, 0) is 16.0 Å². The van der Waals surface area contributed by atoms with Crippen LogP contribution in [-0.4, -0.2) is 30.6 Å². The summed E-state index contributed by atoms with van der Waals surface area (Å²) in [4.78, 5) is 15.2. The predicted molar refractivity (Wildman–Crippen MR) is 76.7 cm³/mol. The van der Waals surface area contributed by atoms with Gasteiger partial charge in [0.1, 0.15) is 0 Å². The first-order valence-corrected chi connectivity index (χ1v) is 7.18. The molecular weight excluding hydrogens is 252 g/mol. The zero-order valence-electron chi connectivity index (χ0n) is 11.5. The van der Waals surface area contributed by atoms with E-state index in [1.54, 1.807) is 0 Å². The van der Waals surface area contributed by atoms with E-state index in [0.29, 0.717) is 12.0 Å². The van der Waals surface area contributed by atoms with Gasteiger partial charge >= 0.3 is 5.97 Å². The first kappa shape index (κ1) is 12.0. The Bertz CT molecular complexity index is 676. The number of carbonyl (C=O) groups is 1. The number of fused-ring (bicyclic) bond motifs is 2. The largest absolute Gasteiger partial charge is 0.469 e. The minimum atomic E-state index is -0.0945. The number of H-pyrrole nitrogens is 1. The van der Waals surface area contributed by atoms with Gasteiger partial charge in [-0.25, -0.2) is 0 Å². The van der Waals surface area contributed by atoms with Gasteiger partial charge in [0.25, 0.3) is 0 Å². The molecule has 0 radical (unpaired) electrons. The average molecular weight is 270 g/mol. The maximum atomic E-state index is 11.8. The van der Waals surface area contributed by atoms with E-state index in [1.165, 1.54) is 29.1 Å². The molecule has 2 heterocycles. The Labute approximate surface area is 117 Å². The Morgan fingerprint density at radius 3 is 3.15 bits per heavy atom. The molecule has 0 spiro atoms. The second kappa shape index (κ2) is 4.35. The molecule has 1 fully saturated rings. The molecule has 1 aromatic carbocycles. The van der Waals surface area contributed by atoms with Crippen molar-refractivity contribution in [2.24, 2.45) is 5.92 Å². The third-order valence-electron chi connectivity index (χ3n) is 4.84. The van der Waals surface area contributed by atoms with Crippen molar-refractivity contribution < 1.29 is 9.53 Å². The minimum Gasteiger partial charge on any atom is -0.469 e. The van der Waals surface area contributed by atoms with Crippen LogP contribution in [0.15, 0.2) is 24.4 Å². The number of methoxy groups -OCH3 is 1. The number of hydrogen-bond donors (Lipinski definition) is 2. The molecule has 2 aromatic rings. The highest BCUT2D eigenvalue weighted by Gasteiger charge is 2.38. The number of benzene rings is 1. The number of esters is 1. The van der Waals surface area contributed by atoms with Crippen LogP contribution in [0.25, 0.3) is 10.9 Å². The molecule has 104 valence electrons. The summed E-state index contributed by atoms with van der Waals surface area (Å²) in [5.74, 6) is 0.278. The monoisotopic (exact) mass is 270 g/mol. The van der Waals surface area contributed by atoms with E-state index in [0.717, 1.165) is 19.4 Å². The van der Waals surface area contributed by atoms with Gasteiger partial charge in [-0.1, -0.05) is 12.1 Å². The van der Waals surface area contributed by atoms with E-state index in [2.05, 4.69) is 34.7 Å². The second-order valence-corrected chi connectivity index (χ2v) is 5.86. The molecule has 2 N–H and O–H groups in total. The highest BCUT2D eigenvalue weighted by Crippen LogP contribution is 2.41. The number of ether oxygens (including phenoxy) is 1. The molecular formula is C16H18N2O2. The first-order valence-electron chi connectivity index (χ1n) is 7.18. The number of aromatic nitrogens is 1. The maximum Gasteiger partial charge on any atom is 0.309 e. The molecule has 4 heteroatoms. The van der Waals surface area contributed by atoms with Gasteiger partial charge in [-0.3, -0.25) is 4.79 Å². The highest BCUT2D eigenvalue weighted by atomic mass is 16.5. The average Bonchev–Trinajstić information content (AvgIpc) is 2.91. The van der Waals surface area contributed by atoms with Crippen molar-refractivity contribution in [3.63, 3.8) is 0 Å². The summed E-state index contributed by atoms with van der Waals surface area (Å²) in [7, 11) is 1.47. The lowest BCUT2D eigenvalue weighted by Crippen LogP contribution is -2.48. The lowest BCUT2D eigenvalue weighted by atomic mass is 9.73. The topological polar surface area (TPSA) is 54.1 Å². The van der Waals surface area contributed by atoms with E-state index < -0.39 is 0 Å². The van der Waals surface area contributed by atoms with E-state index in [4.69, 9.17) is 4.74 Å². The van der Waals surface area contributed by atoms with Crippen molar-refractivity contribution in [3.05, 3.63) is 35.5 Å². The lowest BCUT2D eigenvalue weighted by molar-refractivity contribution is -0.146. The van der Waals surface area contributed by atoms with Crippen molar-refractivity contribution in [2.45, 2.75) is 24.8 Å². The van der Waals surface area contributed by atoms with Crippen LogP contribution in [0.4, 0.5) is 0 Å². The molecule has 3 atom stereocenters. The van der Waals surface area contributed by atoms with Gasteiger partial charge in [-0.05, 0) is 30.0 Å². The quantitative estimate of drug-likeness (QED) is 0.779. The van der Waals surface area contributed by atoms with Crippen molar-refractivity contribution in [2.75, 3.05) is 13.7 Å². The van der Waals surface area contributed by atoms with E-state index in [-0.39, 0.29) is 11.9 Å². The standard InChI is InChI=1S/C16H18N2O2/c1-20-16(19)10-5-12-11-3-2-4-13-15(11)9(7-17-13)6-14(12)18-8-10/h2-4,7,10,12,14,17-18H,5-6,8H2,1H3/t10?,12?,14-/m1/s1. The number of carbonyl (C=O) groups excluding carboxylic acids is 1. The molecule has 4 nitrogen and oxygen atoms in total. The second-order valence-electron chi connectivity index (χ2n) is 5.86. The van der Waals surface area contributed by atoms with Crippen LogP contribution in [0.5, 0.6) is 0 Å². The molecule has 4 rings (SSSR count). The fourth-order valence-electron chi connectivity index (χ4n) is 3.89. The predicted octanol–water partition coefficient (Wildman–Crippen LogP) is 1.96. The maximum absolute atomic E-state index is 11.8. The zero-order valence-corrected chi connectivity index (χ0v) is 11.5. The molecule has 1 aromatic heterocycles. The van der Waals surface area contributed by atoms with Crippen molar-refractivity contribution in [3.8, 4) is 0 Å². The number of rotatable bonds is 1. The van der Waals surface area contributed by atoms with Crippen LogP contribution in [0, 0.1) is 5.92 Å². The number of aromatic amines is 1. The van der Waals surface area contributed by atoms with Crippen LogP contribution >= 0.6 is 0 Å². The molecule has 20 heavy (non-hydrogen) atoms. The summed E-state index contributed by atoms with van der Waals surface area (Å²) in [6, 6.07) is 6.86. The third-order valence-corrected chi connectivity index (χ3v) is 4.84. The van der Waals surface area contributed by atoms with Crippen LogP contribution < -0.4 is 5.32 Å². The summed E-state index contributed by atoms with van der Waals surface area (Å²) in [6.07, 6.45) is 4.04. The van der Waals surface area contributed by atoms with Crippen molar-refractivity contribution >= 4 is 16.9 Å². The van der Waals surface area contributed by atoms with Gasteiger partial charge < -0.3 is 15.0 Å². The Morgan fingerprint density at radius 2 is 2.30 bits per heavy atom. The summed E-state index contributed by atoms with van der Waals surface area (Å²) >= 11 is 0. The van der Waals surface area contributed by atoms with Gasteiger partial charge in [-0.2, -0.15) is 0 Å². The van der Waals surface area contributed by atoms with E-state index >= 15 is 0 Å². The van der Waals surface area contributed by atoms with Gasteiger partial charge in [0.05, 0.1) is 13.0 Å². The highest BCUT2D eigenvalue weighted by molar-refractivity contribution is 5.88. The Morgan fingerprint density at radius 1 is 1.40 bits per heavy atom. The normalized spacial score (nSPS) is 28.1. The third kappa shape index (κ3) is 1.61. The van der Waals surface area contributed by atoms with Gasteiger partial charge in [0, 0.05) is 35.6 Å². The van der Waals surface area contributed by atoms with Gasteiger partial charge in [0.2, 0.25) is 0 Å². The molecule has 0 amide bonds. The van der Waals surface area contributed by atoms with E-state index in [1.807, 2.05) is 0 Å². The molecule has 1 aliphatic heterocycles. The summed E-state index contributed by atoms with van der Waals surface area (Å²) in [5, 5.41) is 4.91. The fourth-order valence-corrected chi connectivity index (χ4v) is 3.89. The van der Waals surface area contributed by atoms with Crippen molar-refractivity contribution in [1.29, 1.82) is 0 Å². The SMILES string of the molecule is COC(=O)C1CN[C@@H]2Cc3c[nH]c4cccc(c34)C2C1. The first-order chi connectivity index (χ1) is 9.78. The van der Waals surface area contributed by atoms with E-state index in [9.17, 15) is 4.79 Å².